The van der Waals surface area contributed by atoms with Crippen molar-refractivity contribution in [1.29, 1.82) is 0 Å². The number of phenols is 1. The lowest BCUT2D eigenvalue weighted by Gasteiger charge is -2.61. The van der Waals surface area contributed by atoms with Gasteiger partial charge in [-0.1, -0.05) is 26.8 Å². The van der Waals surface area contributed by atoms with Gasteiger partial charge in [-0.3, -0.25) is 14.4 Å². The predicted molar refractivity (Wildman–Crippen MR) is 138 cm³/mol. The number of carbonyl (C=O) groups excluding carboxylic acids is 1. The summed E-state index contributed by atoms with van der Waals surface area (Å²) in [6, 6.07) is 5.78. The Bertz CT molecular complexity index is 1170. The van der Waals surface area contributed by atoms with Gasteiger partial charge in [0.05, 0.1) is 11.8 Å². The van der Waals surface area contributed by atoms with Crippen molar-refractivity contribution < 1.29 is 15.0 Å². The zero-order chi connectivity index (χ0) is 25.3. The summed E-state index contributed by atoms with van der Waals surface area (Å²) in [6.45, 7) is 9.85. The van der Waals surface area contributed by atoms with Gasteiger partial charge in [-0.2, -0.15) is 5.10 Å². The van der Waals surface area contributed by atoms with Crippen LogP contribution in [0.4, 0.5) is 0 Å². The molecule has 1 saturated carbocycles. The number of aromatic hydroxyl groups is 1. The number of likely N-dealkylation sites (tertiary alicyclic amines) is 2. The monoisotopic (exact) mass is 492 g/mol. The Kier molecular flexibility index (Phi) is 5.54. The minimum Gasteiger partial charge on any atom is -0.508 e. The van der Waals surface area contributed by atoms with Gasteiger partial charge in [-0.15, -0.1) is 0 Å². The lowest BCUT2D eigenvalue weighted by Crippen LogP contribution is -2.71. The maximum Gasteiger partial charge on any atom is 0.244 e. The van der Waals surface area contributed by atoms with Gasteiger partial charge < -0.3 is 15.1 Å². The van der Waals surface area contributed by atoms with Crippen LogP contribution < -0.4 is 0 Å². The molecule has 4 aliphatic rings. The van der Waals surface area contributed by atoms with E-state index >= 15 is 0 Å². The molecule has 2 saturated heterocycles. The number of rotatable bonds is 4. The molecule has 194 valence electrons. The molecule has 1 amide bonds. The highest BCUT2D eigenvalue weighted by molar-refractivity contribution is 5.76. The highest BCUT2D eigenvalue weighted by atomic mass is 16.3. The third-order valence-electron chi connectivity index (χ3n) is 9.58. The Morgan fingerprint density at radius 3 is 2.61 bits per heavy atom. The van der Waals surface area contributed by atoms with Crippen molar-refractivity contribution >= 4 is 5.91 Å². The molecular weight excluding hydrogens is 452 g/mol. The van der Waals surface area contributed by atoms with Crippen molar-refractivity contribution in [1.82, 2.24) is 19.6 Å². The van der Waals surface area contributed by atoms with E-state index < -0.39 is 11.0 Å². The Morgan fingerprint density at radius 1 is 1.14 bits per heavy atom. The number of carbonyl (C=O) groups is 1. The topological polar surface area (TPSA) is 81.8 Å². The third kappa shape index (κ3) is 3.86. The first-order valence-corrected chi connectivity index (χ1v) is 13.7. The Labute approximate surface area is 214 Å². The number of aromatic nitrogens is 2. The molecule has 1 aromatic heterocycles. The summed E-state index contributed by atoms with van der Waals surface area (Å²) in [5, 5.41) is 27.4. The summed E-state index contributed by atoms with van der Waals surface area (Å²) in [6.07, 6.45) is 9.36. The van der Waals surface area contributed by atoms with Crippen molar-refractivity contribution in [3.05, 3.63) is 47.3 Å². The standard InChI is InChI=1S/C29H40N4O3/c1-27(2,3)22-16-30-33(18-22)19-26(35)31-11-8-28-9-12-32(17-20-4-5-20)25(29(28,36)10-13-31)14-21-6-7-23(34)15-24(21)28/h6-7,15-16,18,20,25,34,36H,4-5,8-14,17,19H2,1-3H3/t25-,28+,29-/m1/s1. The molecule has 0 radical (unpaired) electrons. The van der Waals surface area contributed by atoms with E-state index in [9.17, 15) is 15.0 Å². The van der Waals surface area contributed by atoms with E-state index in [1.807, 2.05) is 23.4 Å². The molecule has 7 nitrogen and oxygen atoms in total. The van der Waals surface area contributed by atoms with Crippen molar-refractivity contribution in [2.75, 3.05) is 26.2 Å². The summed E-state index contributed by atoms with van der Waals surface area (Å²) in [5.41, 5.74) is 2.10. The molecule has 2 N–H and O–H groups in total. The van der Waals surface area contributed by atoms with Crippen molar-refractivity contribution in [2.45, 2.75) is 88.3 Å². The Morgan fingerprint density at radius 2 is 1.89 bits per heavy atom. The second-order valence-electron chi connectivity index (χ2n) is 12.8. The number of aliphatic hydroxyl groups is 1. The van der Waals surface area contributed by atoms with E-state index in [1.54, 1.807) is 10.7 Å². The molecule has 2 aromatic rings. The molecule has 6 rings (SSSR count). The molecule has 3 atom stereocenters. The van der Waals surface area contributed by atoms with Crippen LogP contribution in [0.25, 0.3) is 0 Å². The van der Waals surface area contributed by atoms with Gasteiger partial charge in [-0.05, 0) is 85.2 Å². The first kappa shape index (κ1) is 24.0. The van der Waals surface area contributed by atoms with Crippen molar-refractivity contribution in [2.24, 2.45) is 5.92 Å². The van der Waals surface area contributed by atoms with Crippen LogP contribution in [0.2, 0.25) is 0 Å². The van der Waals surface area contributed by atoms with Gasteiger partial charge in [0.2, 0.25) is 5.91 Å². The van der Waals surface area contributed by atoms with Gasteiger partial charge in [0.1, 0.15) is 12.3 Å². The fourth-order valence-electron chi connectivity index (χ4n) is 7.19. The van der Waals surface area contributed by atoms with Crippen molar-refractivity contribution in [3.8, 4) is 5.75 Å². The molecule has 2 bridgehead atoms. The molecule has 2 aliphatic heterocycles. The molecule has 3 heterocycles. The van der Waals surface area contributed by atoms with Crippen LogP contribution in [0.15, 0.2) is 30.6 Å². The van der Waals surface area contributed by atoms with Gasteiger partial charge in [0.15, 0.2) is 0 Å². The molecule has 0 unspecified atom stereocenters. The Balaban J connectivity index is 1.29. The van der Waals surface area contributed by atoms with E-state index in [2.05, 4.69) is 36.8 Å². The van der Waals surface area contributed by atoms with Gasteiger partial charge in [-0.25, -0.2) is 0 Å². The fourth-order valence-corrected chi connectivity index (χ4v) is 7.19. The number of hydrogen-bond acceptors (Lipinski definition) is 5. The second-order valence-corrected chi connectivity index (χ2v) is 12.8. The number of benzene rings is 1. The molecule has 7 heteroatoms. The maximum atomic E-state index is 13.4. The van der Waals surface area contributed by atoms with Gasteiger partial charge in [0.25, 0.3) is 0 Å². The number of phenolic OH excluding ortho intramolecular Hbond substituents is 1. The summed E-state index contributed by atoms with van der Waals surface area (Å²) in [7, 11) is 0. The first-order valence-electron chi connectivity index (χ1n) is 13.7. The summed E-state index contributed by atoms with van der Waals surface area (Å²) in [5.74, 6) is 1.07. The van der Waals surface area contributed by atoms with E-state index in [-0.39, 0.29) is 29.7 Å². The maximum absolute atomic E-state index is 13.4. The van der Waals surface area contributed by atoms with E-state index in [0.29, 0.717) is 25.9 Å². The lowest BCUT2D eigenvalue weighted by molar-refractivity contribution is -0.149. The normalized spacial score (nSPS) is 30.4. The second kappa shape index (κ2) is 8.32. The minimum absolute atomic E-state index is 0.00912. The highest BCUT2D eigenvalue weighted by Gasteiger charge is 2.63. The largest absolute Gasteiger partial charge is 0.508 e. The zero-order valence-corrected chi connectivity index (χ0v) is 21.9. The van der Waals surface area contributed by atoms with Crippen LogP contribution in [0.3, 0.4) is 0 Å². The number of piperidine rings is 1. The van der Waals surface area contributed by atoms with Crippen LogP contribution in [0.5, 0.6) is 5.75 Å². The van der Waals surface area contributed by atoms with Crippen LogP contribution in [-0.4, -0.2) is 73.5 Å². The minimum atomic E-state index is -0.916. The molecule has 2 aliphatic carbocycles. The van der Waals surface area contributed by atoms with Crippen molar-refractivity contribution in [3.63, 3.8) is 0 Å². The number of hydrogen-bond donors (Lipinski definition) is 2. The predicted octanol–water partition coefficient (Wildman–Crippen LogP) is 3.22. The summed E-state index contributed by atoms with van der Waals surface area (Å²) < 4.78 is 1.75. The lowest BCUT2D eigenvalue weighted by atomic mass is 9.52. The van der Waals surface area contributed by atoms with Gasteiger partial charge >= 0.3 is 0 Å². The number of amides is 1. The number of nitrogens with zero attached hydrogens (tertiary/aromatic N) is 4. The summed E-state index contributed by atoms with van der Waals surface area (Å²) >= 11 is 0. The fraction of sp³-hybridized carbons (Fsp3) is 0.655. The van der Waals surface area contributed by atoms with Gasteiger partial charge in [0, 0.05) is 37.3 Å². The first-order chi connectivity index (χ1) is 17.1. The zero-order valence-electron chi connectivity index (χ0n) is 21.9. The van der Waals surface area contributed by atoms with Crippen LogP contribution in [0, 0.1) is 5.92 Å². The summed E-state index contributed by atoms with van der Waals surface area (Å²) in [4.78, 5) is 17.9. The SMILES string of the molecule is CC(C)(C)c1cnn(CC(=O)N2CC[C@]34CCN(CC5CC5)[C@H](Cc5ccc(O)cc53)[C@]4(O)CC2)c1. The highest BCUT2D eigenvalue weighted by Crippen LogP contribution is 2.56. The Hall–Kier alpha value is -2.38. The molecule has 36 heavy (non-hydrogen) atoms. The van der Waals surface area contributed by atoms with Crippen LogP contribution in [-0.2, 0) is 28.6 Å². The van der Waals surface area contributed by atoms with E-state index in [1.165, 1.54) is 18.4 Å². The molecule has 1 aromatic carbocycles. The quantitative estimate of drug-likeness (QED) is 0.685. The van der Waals surface area contributed by atoms with Crippen LogP contribution in [0.1, 0.15) is 69.6 Å². The van der Waals surface area contributed by atoms with E-state index in [4.69, 9.17) is 0 Å². The molecular formula is C29H40N4O3. The molecule has 0 spiro atoms. The smallest absolute Gasteiger partial charge is 0.244 e. The van der Waals surface area contributed by atoms with E-state index in [0.717, 1.165) is 43.0 Å². The average molecular weight is 493 g/mol. The van der Waals surface area contributed by atoms with Crippen LogP contribution >= 0.6 is 0 Å². The average Bonchev–Trinajstić information content (AvgIpc) is 3.54. The molecule has 3 fully saturated rings. The third-order valence-corrected chi connectivity index (χ3v) is 9.58. The number of fused-ring (bicyclic) bond motifs is 1.